The van der Waals surface area contributed by atoms with Gasteiger partial charge in [0.2, 0.25) is 5.91 Å². The maximum Gasteiger partial charge on any atom is 0.226 e. The zero-order chi connectivity index (χ0) is 15.5. The van der Waals surface area contributed by atoms with Crippen LogP contribution in [-0.2, 0) is 11.2 Å². The van der Waals surface area contributed by atoms with Gasteiger partial charge < -0.3 is 10.0 Å². The number of piperidine rings is 1. The van der Waals surface area contributed by atoms with Crippen molar-refractivity contribution < 1.29 is 9.90 Å². The van der Waals surface area contributed by atoms with E-state index in [0.717, 1.165) is 16.5 Å². The van der Waals surface area contributed by atoms with E-state index >= 15 is 0 Å². The van der Waals surface area contributed by atoms with E-state index in [4.69, 9.17) is 0 Å². The van der Waals surface area contributed by atoms with Crippen LogP contribution < -0.4 is 0 Å². The summed E-state index contributed by atoms with van der Waals surface area (Å²) in [5.74, 6) is 1.14. The van der Waals surface area contributed by atoms with E-state index in [1.807, 2.05) is 30.4 Å². The lowest BCUT2D eigenvalue weighted by Gasteiger charge is -2.38. The lowest BCUT2D eigenvalue weighted by molar-refractivity contribution is -0.138. The number of aryl methyl sites for hydroxylation is 1. The van der Waals surface area contributed by atoms with Gasteiger partial charge in [0.15, 0.2) is 0 Å². The van der Waals surface area contributed by atoms with Crippen molar-refractivity contribution in [2.24, 2.45) is 5.92 Å². The molecule has 118 valence electrons. The summed E-state index contributed by atoms with van der Waals surface area (Å²) in [6.07, 6.45) is 3.91. The summed E-state index contributed by atoms with van der Waals surface area (Å²) in [6, 6.07) is 0. The predicted octanol–water partition coefficient (Wildman–Crippen LogP) is 2.35. The van der Waals surface area contributed by atoms with Gasteiger partial charge in [0.25, 0.3) is 0 Å². The van der Waals surface area contributed by atoms with Gasteiger partial charge in [0, 0.05) is 42.3 Å². The fourth-order valence-corrected chi connectivity index (χ4v) is 4.27. The van der Waals surface area contributed by atoms with Crippen molar-refractivity contribution in [1.29, 1.82) is 0 Å². The van der Waals surface area contributed by atoms with Crippen molar-refractivity contribution in [1.82, 2.24) is 9.88 Å². The summed E-state index contributed by atoms with van der Waals surface area (Å²) in [5, 5.41) is 13.7. The third-order valence-corrected chi connectivity index (χ3v) is 5.79. The van der Waals surface area contributed by atoms with Crippen molar-refractivity contribution in [3.05, 3.63) is 16.1 Å². The van der Waals surface area contributed by atoms with Gasteiger partial charge in [-0.3, -0.25) is 4.79 Å². The van der Waals surface area contributed by atoms with Gasteiger partial charge in [-0.1, -0.05) is 6.92 Å². The Morgan fingerprint density at radius 2 is 2.24 bits per heavy atom. The zero-order valence-corrected chi connectivity index (χ0v) is 14.6. The molecular weight excluding hydrogens is 304 g/mol. The lowest BCUT2D eigenvalue weighted by atomic mass is 9.88. The number of aliphatic hydroxyl groups is 1. The highest BCUT2D eigenvalue weighted by atomic mass is 32.2. The Kier molecular flexibility index (Phi) is 5.68. The molecule has 1 fully saturated rings. The highest BCUT2D eigenvalue weighted by Gasteiger charge is 2.35. The van der Waals surface area contributed by atoms with Crippen LogP contribution in [0.2, 0.25) is 0 Å². The molecule has 4 nitrogen and oxygen atoms in total. The number of hydrogen-bond acceptors (Lipinski definition) is 5. The number of aromatic nitrogens is 1. The number of likely N-dealkylation sites (tertiary alicyclic amines) is 1. The minimum absolute atomic E-state index is 0.0628. The zero-order valence-electron chi connectivity index (χ0n) is 13.0. The molecule has 0 spiro atoms. The van der Waals surface area contributed by atoms with E-state index in [2.05, 4.69) is 4.98 Å². The van der Waals surface area contributed by atoms with Gasteiger partial charge in [-0.05, 0) is 26.0 Å². The minimum Gasteiger partial charge on any atom is -0.389 e. The molecule has 1 atom stereocenters. The molecule has 0 saturated carbocycles. The molecule has 1 N–H and O–H groups in total. The van der Waals surface area contributed by atoms with E-state index in [0.29, 0.717) is 32.4 Å². The quantitative estimate of drug-likeness (QED) is 0.901. The Morgan fingerprint density at radius 1 is 1.57 bits per heavy atom. The molecule has 0 radical (unpaired) electrons. The summed E-state index contributed by atoms with van der Waals surface area (Å²) in [4.78, 5) is 18.6. The van der Waals surface area contributed by atoms with Crippen LogP contribution >= 0.6 is 23.1 Å². The molecule has 1 unspecified atom stereocenters. The molecule has 21 heavy (non-hydrogen) atoms. The molecule has 2 rings (SSSR count). The summed E-state index contributed by atoms with van der Waals surface area (Å²) in [5.41, 5.74) is 0.307. The summed E-state index contributed by atoms with van der Waals surface area (Å²) >= 11 is 3.31. The van der Waals surface area contributed by atoms with Crippen molar-refractivity contribution in [3.8, 4) is 0 Å². The van der Waals surface area contributed by atoms with Crippen LogP contribution in [0.15, 0.2) is 5.38 Å². The van der Waals surface area contributed by atoms with Crippen LogP contribution in [0.5, 0.6) is 0 Å². The molecule has 0 aliphatic carbocycles. The Balaban J connectivity index is 1.88. The van der Waals surface area contributed by atoms with Crippen LogP contribution in [0.3, 0.4) is 0 Å². The first kappa shape index (κ1) is 16.8. The van der Waals surface area contributed by atoms with E-state index in [-0.39, 0.29) is 11.8 Å². The Hall–Kier alpha value is -0.590. The minimum atomic E-state index is -0.705. The molecule has 1 saturated heterocycles. The van der Waals surface area contributed by atoms with Crippen LogP contribution in [0, 0.1) is 12.8 Å². The maximum absolute atomic E-state index is 12.3. The Bertz CT molecular complexity index is 482. The SMILES string of the molecule is CSCC(C)C(=O)N1CCC(O)(Cc2nc(C)cs2)CC1. The van der Waals surface area contributed by atoms with Gasteiger partial charge in [-0.25, -0.2) is 4.98 Å². The molecule has 6 heteroatoms. The standard InChI is InChI=1S/C15H24N2O2S2/c1-11(9-20-3)14(18)17-6-4-15(19,5-7-17)8-13-16-12(2)10-21-13/h10-11,19H,4-9H2,1-3H3. The number of thiazole rings is 1. The first-order valence-corrected chi connectivity index (χ1v) is 9.62. The molecule has 0 bridgehead atoms. The van der Waals surface area contributed by atoms with Gasteiger partial charge in [-0.2, -0.15) is 11.8 Å². The topological polar surface area (TPSA) is 53.4 Å². The highest BCUT2D eigenvalue weighted by Crippen LogP contribution is 2.28. The average Bonchev–Trinajstić information content (AvgIpc) is 2.84. The number of carbonyl (C=O) groups is 1. The molecule has 1 aliphatic rings. The van der Waals surface area contributed by atoms with Crippen molar-refractivity contribution in [2.75, 3.05) is 25.1 Å². The van der Waals surface area contributed by atoms with Gasteiger partial charge in [0.1, 0.15) is 0 Å². The molecule has 1 amide bonds. The normalized spacial score (nSPS) is 19.5. The predicted molar refractivity (Wildman–Crippen MR) is 88.9 cm³/mol. The van der Waals surface area contributed by atoms with Gasteiger partial charge >= 0.3 is 0 Å². The Morgan fingerprint density at radius 3 is 2.76 bits per heavy atom. The van der Waals surface area contributed by atoms with E-state index < -0.39 is 5.60 Å². The van der Waals surface area contributed by atoms with Crippen molar-refractivity contribution >= 4 is 29.0 Å². The van der Waals surface area contributed by atoms with E-state index in [1.165, 1.54) is 0 Å². The second kappa shape index (κ2) is 7.11. The molecule has 1 aromatic rings. The van der Waals surface area contributed by atoms with Gasteiger partial charge in [-0.15, -0.1) is 11.3 Å². The van der Waals surface area contributed by atoms with Gasteiger partial charge in [0.05, 0.1) is 10.6 Å². The number of rotatable bonds is 5. The average molecular weight is 329 g/mol. The van der Waals surface area contributed by atoms with E-state index in [1.54, 1.807) is 23.1 Å². The number of nitrogens with zero attached hydrogens (tertiary/aromatic N) is 2. The molecule has 1 aliphatic heterocycles. The summed E-state index contributed by atoms with van der Waals surface area (Å²) < 4.78 is 0. The third-order valence-electron chi connectivity index (χ3n) is 3.99. The monoisotopic (exact) mass is 328 g/mol. The highest BCUT2D eigenvalue weighted by molar-refractivity contribution is 7.98. The second-order valence-electron chi connectivity index (χ2n) is 5.97. The number of carbonyl (C=O) groups excluding carboxylic acids is 1. The first-order valence-electron chi connectivity index (χ1n) is 7.34. The van der Waals surface area contributed by atoms with E-state index in [9.17, 15) is 9.90 Å². The van der Waals surface area contributed by atoms with Crippen molar-refractivity contribution in [3.63, 3.8) is 0 Å². The van der Waals surface area contributed by atoms with Crippen molar-refractivity contribution in [2.45, 2.75) is 38.7 Å². The number of hydrogen-bond donors (Lipinski definition) is 1. The first-order chi connectivity index (χ1) is 9.93. The fraction of sp³-hybridized carbons (Fsp3) is 0.733. The number of thioether (sulfide) groups is 1. The van der Waals surface area contributed by atoms with Crippen LogP contribution in [0.4, 0.5) is 0 Å². The smallest absolute Gasteiger partial charge is 0.226 e. The van der Waals surface area contributed by atoms with Crippen LogP contribution in [0.1, 0.15) is 30.5 Å². The fourth-order valence-electron chi connectivity index (χ4n) is 2.72. The molecule has 1 aromatic heterocycles. The lowest BCUT2D eigenvalue weighted by Crippen LogP contribution is -2.49. The second-order valence-corrected chi connectivity index (χ2v) is 7.82. The summed E-state index contributed by atoms with van der Waals surface area (Å²) in [6.45, 7) is 5.26. The molecule has 0 aromatic carbocycles. The third kappa shape index (κ3) is 4.44. The Labute approximate surface area is 135 Å². The summed E-state index contributed by atoms with van der Waals surface area (Å²) in [7, 11) is 0. The van der Waals surface area contributed by atoms with Crippen LogP contribution in [-0.4, -0.2) is 51.6 Å². The number of amides is 1. The molecular formula is C15H24N2O2S2. The maximum atomic E-state index is 12.3. The molecule has 2 heterocycles. The van der Waals surface area contributed by atoms with Crippen LogP contribution in [0.25, 0.3) is 0 Å². The largest absolute Gasteiger partial charge is 0.389 e.